The number of thiazole rings is 2. The molecule has 0 aliphatic heterocycles. The summed E-state index contributed by atoms with van der Waals surface area (Å²) in [7, 11) is 0. The van der Waals surface area contributed by atoms with Crippen LogP contribution < -0.4 is 5.73 Å². The van der Waals surface area contributed by atoms with Crippen molar-refractivity contribution in [2.45, 2.75) is 36.5 Å². The van der Waals surface area contributed by atoms with E-state index in [1.807, 2.05) is 5.38 Å². The van der Waals surface area contributed by atoms with Gasteiger partial charge in [-0.3, -0.25) is 0 Å². The van der Waals surface area contributed by atoms with Crippen LogP contribution in [0.5, 0.6) is 0 Å². The van der Waals surface area contributed by atoms with Crippen LogP contribution in [-0.4, -0.2) is 16.5 Å². The van der Waals surface area contributed by atoms with Crippen LogP contribution in [0.1, 0.15) is 35.7 Å². The summed E-state index contributed by atoms with van der Waals surface area (Å²) in [6.45, 7) is 0.705. The molecule has 2 N–H and O–H groups in total. The summed E-state index contributed by atoms with van der Waals surface area (Å²) in [6.07, 6.45) is 4.22. The van der Waals surface area contributed by atoms with Crippen molar-refractivity contribution in [3.63, 3.8) is 0 Å². The molecule has 8 heteroatoms. The molecule has 2 aromatic rings. The fourth-order valence-electron chi connectivity index (χ4n) is 2.13. The summed E-state index contributed by atoms with van der Waals surface area (Å²) in [4.78, 5) is 8.30. The van der Waals surface area contributed by atoms with Gasteiger partial charge < -0.3 is 5.73 Å². The van der Waals surface area contributed by atoms with E-state index in [0.717, 1.165) is 22.9 Å². The van der Waals surface area contributed by atoms with E-state index in [2.05, 4.69) is 16.0 Å². The minimum absolute atomic E-state index is 0.206. The average Bonchev–Trinajstić information content (AvgIpc) is 3.42. The molecule has 4 rings (SSSR count). The van der Waals surface area contributed by atoms with Crippen molar-refractivity contribution < 1.29 is 0 Å². The van der Waals surface area contributed by atoms with E-state index in [4.69, 9.17) is 34.2 Å². The van der Waals surface area contributed by atoms with Crippen LogP contribution in [0.15, 0.2) is 10.8 Å². The Kier molecular flexibility index (Phi) is 4.45. The number of halogens is 2. The van der Waals surface area contributed by atoms with Gasteiger partial charge in [0.25, 0.3) is 0 Å². The topological polar surface area (TPSA) is 75.6 Å². The highest BCUT2D eigenvalue weighted by Gasteiger charge is 2.47. The summed E-state index contributed by atoms with van der Waals surface area (Å²) in [5, 5.41) is 15.5. The second kappa shape index (κ2) is 6.06. The number of rotatable bonds is 3. The first-order chi connectivity index (χ1) is 10.5. The van der Waals surface area contributed by atoms with Gasteiger partial charge in [0.1, 0.15) is 25.7 Å². The van der Waals surface area contributed by atoms with Crippen molar-refractivity contribution in [3.05, 3.63) is 31.1 Å². The van der Waals surface area contributed by atoms with Crippen LogP contribution >= 0.6 is 45.9 Å². The predicted molar refractivity (Wildman–Crippen MR) is 90.7 cm³/mol. The summed E-state index contributed by atoms with van der Waals surface area (Å²) < 4.78 is 0. The number of aromatic nitrogens is 2. The second-order valence-corrected chi connectivity index (χ2v) is 8.12. The Balaban J connectivity index is 0.000000131. The maximum absolute atomic E-state index is 8.79. The summed E-state index contributed by atoms with van der Waals surface area (Å²) >= 11 is 14.4. The molecule has 2 fully saturated rings. The number of nitriles is 1. The molecule has 2 aromatic heterocycles. The molecular formula is C14H14Cl2N4S2. The fourth-order valence-corrected chi connectivity index (χ4v) is 4.50. The van der Waals surface area contributed by atoms with E-state index in [1.165, 1.54) is 24.2 Å². The molecule has 4 nitrogen and oxygen atoms in total. The molecule has 0 saturated heterocycles. The fraction of sp³-hybridized carbons (Fsp3) is 0.500. The van der Waals surface area contributed by atoms with Gasteiger partial charge in [0, 0.05) is 22.7 Å². The third-order valence-corrected chi connectivity index (χ3v) is 6.80. The number of nitrogens with zero attached hydrogens (tertiary/aromatic N) is 3. The molecule has 2 saturated carbocycles. The van der Waals surface area contributed by atoms with Gasteiger partial charge in [-0.25, -0.2) is 9.97 Å². The second-order valence-electron chi connectivity index (χ2n) is 5.63. The highest BCUT2D eigenvalue weighted by atomic mass is 35.5. The monoisotopic (exact) mass is 372 g/mol. The number of hydrogen-bond acceptors (Lipinski definition) is 6. The molecule has 0 unspecified atom stereocenters. The van der Waals surface area contributed by atoms with Crippen LogP contribution in [0.3, 0.4) is 0 Å². The first kappa shape index (κ1) is 16.2. The Morgan fingerprint density at radius 1 is 1.09 bits per heavy atom. The molecule has 0 aromatic carbocycles. The van der Waals surface area contributed by atoms with Crippen LogP contribution in [0.4, 0.5) is 0 Å². The Morgan fingerprint density at radius 2 is 1.64 bits per heavy atom. The maximum atomic E-state index is 8.79. The van der Waals surface area contributed by atoms with Gasteiger partial charge in [-0.2, -0.15) is 5.26 Å². The maximum Gasteiger partial charge on any atom is 0.140 e. The normalized spacial score (nSPS) is 19.7. The van der Waals surface area contributed by atoms with Crippen LogP contribution in [-0.2, 0) is 10.8 Å². The van der Waals surface area contributed by atoms with Gasteiger partial charge in [0.2, 0.25) is 0 Å². The van der Waals surface area contributed by atoms with Crippen molar-refractivity contribution in [1.29, 1.82) is 5.26 Å². The summed E-state index contributed by atoms with van der Waals surface area (Å²) in [5.74, 6) is 0. The van der Waals surface area contributed by atoms with Crippen LogP contribution in [0, 0.1) is 11.3 Å². The van der Waals surface area contributed by atoms with Crippen molar-refractivity contribution >= 4 is 45.9 Å². The largest absolute Gasteiger partial charge is 0.329 e. The Hall–Kier alpha value is -0.710. The van der Waals surface area contributed by atoms with E-state index in [9.17, 15) is 0 Å². The zero-order valence-corrected chi connectivity index (χ0v) is 14.8. The molecular weight excluding hydrogens is 359 g/mol. The smallest absolute Gasteiger partial charge is 0.140 e. The van der Waals surface area contributed by atoms with Crippen LogP contribution in [0.2, 0.25) is 10.3 Å². The third kappa shape index (κ3) is 3.15. The van der Waals surface area contributed by atoms with Gasteiger partial charge in [-0.1, -0.05) is 23.2 Å². The number of nitrogens with two attached hydrogens (primary N) is 1. The Morgan fingerprint density at radius 3 is 1.95 bits per heavy atom. The first-order valence-electron chi connectivity index (χ1n) is 6.88. The van der Waals surface area contributed by atoms with E-state index in [1.54, 1.807) is 16.7 Å². The van der Waals surface area contributed by atoms with Gasteiger partial charge in [-0.05, 0) is 25.7 Å². The SMILES string of the molecule is N#CC1(c2nc(Cl)cs2)CC1.NCC1(c2nc(Cl)cs2)CC1. The molecule has 0 radical (unpaired) electrons. The van der Waals surface area contributed by atoms with Gasteiger partial charge >= 0.3 is 0 Å². The molecule has 22 heavy (non-hydrogen) atoms. The van der Waals surface area contributed by atoms with Gasteiger partial charge in [0.15, 0.2) is 0 Å². The predicted octanol–water partition coefficient (Wildman–Crippen LogP) is 4.14. The quantitative estimate of drug-likeness (QED) is 0.877. The minimum atomic E-state index is -0.266. The van der Waals surface area contributed by atoms with Crippen molar-refractivity contribution in [1.82, 2.24) is 9.97 Å². The van der Waals surface area contributed by atoms with Crippen molar-refractivity contribution in [3.8, 4) is 6.07 Å². The first-order valence-corrected chi connectivity index (χ1v) is 9.39. The van der Waals surface area contributed by atoms with E-state index in [0.29, 0.717) is 16.9 Å². The van der Waals surface area contributed by atoms with E-state index >= 15 is 0 Å². The molecule has 2 heterocycles. The van der Waals surface area contributed by atoms with E-state index < -0.39 is 0 Å². The van der Waals surface area contributed by atoms with Gasteiger partial charge in [-0.15, -0.1) is 22.7 Å². The highest BCUT2D eigenvalue weighted by molar-refractivity contribution is 7.10. The lowest BCUT2D eigenvalue weighted by molar-refractivity contribution is 0.698. The summed E-state index contributed by atoms with van der Waals surface area (Å²) in [5.41, 5.74) is 5.57. The summed E-state index contributed by atoms with van der Waals surface area (Å²) in [6, 6.07) is 2.27. The van der Waals surface area contributed by atoms with Crippen LogP contribution in [0.25, 0.3) is 0 Å². The molecule has 0 spiro atoms. The zero-order valence-electron chi connectivity index (χ0n) is 11.7. The molecule has 0 atom stereocenters. The van der Waals surface area contributed by atoms with E-state index in [-0.39, 0.29) is 10.8 Å². The molecule has 0 bridgehead atoms. The highest BCUT2D eigenvalue weighted by Crippen LogP contribution is 2.49. The minimum Gasteiger partial charge on any atom is -0.329 e. The molecule has 0 amide bonds. The van der Waals surface area contributed by atoms with Gasteiger partial charge in [0.05, 0.1) is 6.07 Å². The molecule has 2 aliphatic carbocycles. The van der Waals surface area contributed by atoms with Crippen molar-refractivity contribution in [2.75, 3.05) is 6.54 Å². The Labute approximate surface area is 146 Å². The molecule has 2 aliphatic rings. The third-order valence-electron chi connectivity index (χ3n) is 4.02. The lowest BCUT2D eigenvalue weighted by Crippen LogP contribution is -2.19. The zero-order chi connectivity index (χ0) is 15.8. The number of hydrogen-bond donors (Lipinski definition) is 1. The lowest BCUT2D eigenvalue weighted by atomic mass is 10.1. The standard InChI is InChI=1S/C7H9ClN2S.C7H5ClN2S/c2*8-5-3-11-6(10-5)7(4-9)1-2-7/h3H,1-2,4,9H2;3H,1-2H2. The lowest BCUT2D eigenvalue weighted by Gasteiger charge is -2.05. The molecule has 116 valence electrons. The Bertz CT molecular complexity index is 710. The van der Waals surface area contributed by atoms with Crippen molar-refractivity contribution in [2.24, 2.45) is 5.73 Å². The average molecular weight is 373 g/mol.